The van der Waals surface area contributed by atoms with Crippen molar-refractivity contribution < 1.29 is 14.3 Å². The summed E-state index contributed by atoms with van der Waals surface area (Å²) >= 11 is 7.06. The third kappa shape index (κ3) is 2.82. The van der Waals surface area contributed by atoms with Crippen LogP contribution in [0.15, 0.2) is 17.5 Å². The highest BCUT2D eigenvalue weighted by Gasteiger charge is 2.21. The topological polar surface area (TPSA) is 43.4 Å². The highest BCUT2D eigenvalue weighted by atomic mass is 35.5. The highest BCUT2D eigenvalue weighted by Crippen LogP contribution is 2.16. The quantitative estimate of drug-likeness (QED) is 0.454. The van der Waals surface area contributed by atoms with E-state index >= 15 is 0 Å². The molecule has 76 valence electrons. The Hall–Kier alpha value is -0.870. The second-order valence-corrected chi connectivity index (χ2v) is 4.06. The number of carbonyl (C=O) groups is 2. The predicted octanol–water partition coefficient (Wildman–Crippen LogP) is 2.10. The van der Waals surface area contributed by atoms with Crippen molar-refractivity contribution in [2.24, 2.45) is 0 Å². The fourth-order valence-corrected chi connectivity index (χ4v) is 1.92. The number of ketones is 1. The van der Waals surface area contributed by atoms with Gasteiger partial charge in [0.15, 0.2) is 5.78 Å². The van der Waals surface area contributed by atoms with E-state index in [1.165, 1.54) is 18.4 Å². The van der Waals surface area contributed by atoms with Gasteiger partial charge < -0.3 is 4.74 Å². The van der Waals surface area contributed by atoms with Crippen molar-refractivity contribution in [1.82, 2.24) is 0 Å². The largest absolute Gasteiger partial charge is 0.469 e. The molecule has 0 N–H and O–H groups in total. The molecule has 0 bridgehead atoms. The number of methoxy groups -OCH3 is 1. The lowest BCUT2D eigenvalue weighted by Gasteiger charge is -2.04. The minimum atomic E-state index is -0.832. The van der Waals surface area contributed by atoms with E-state index in [0.29, 0.717) is 4.88 Å². The number of ether oxygens (including phenoxy) is 1. The molecule has 0 aliphatic carbocycles. The molecule has 0 fully saturated rings. The molecule has 0 amide bonds. The number of halogens is 1. The molecule has 0 spiro atoms. The first-order valence-corrected chi connectivity index (χ1v) is 5.25. The summed E-state index contributed by atoms with van der Waals surface area (Å²) in [5.74, 6) is -0.707. The molecule has 0 radical (unpaired) electrons. The van der Waals surface area contributed by atoms with Crippen LogP contribution in [0, 0.1) is 0 Å². The average molecular weight is 233 g/mol. The maximum atomic E-state index is 11.5. The van der Waals surface area contributed by atoms with E-state index in [1.54, 1.807) is 17.5 Å². The minimum absolute atomic E-state index is 0.0885. The van der Waals surface area contributed by atoms with Gasteiger partial charge in [-0.25, -0.2) is 0 Å². The molecule has 1 rings (SSSR count). The number of carbonyl (C=O) groups excluding carboxylic acids is 2. The number of hydrogen-bond donors (Lipinski definition) is 0. The number of Topliss-reactive ketones (excluding diaryl/α,β-unsaturated/α-hetero) is 1. The van der Waals surface area contributed by atoms with Gasteiger partial charge in [-0.3, -0.25) is 9.59 Å². The lowest BCUT2D eigenvalue weighted by molar-refractivity contribution is -0.140. The van der Waals surface area contributed by atoms with E-state index in [0.717, 1.165) is 0 Å². The molecule has 1 aromatic rings. The van der Waals surface area contributed by atoms with E-state index in [4.69, 9.17) is 11.6 Å². The summed E-state index contributed by atoms with van der Waals surface area (Å²) in [5, 5.41) is 0.954. The van der Waals surface area contributed by atoms with Gasteiger partial charge in [0, 0.05) is 0 Å². The standard InChI is InChI=1S/C9H9ClO3S/c1-13-8(11)5-6(10)9(12)7-3-2-4-14-7/h2-4,6H,5H2,1H3. The van der Waals surface area contributed by atoms with Crippen molar-refractivity contribution in [3.05, 3.63) is 22.4 Å². The van der Waals surface area contributed by atoms with E-state index in [1.807, 2.05) is 0 Å². The molecule has 0 aliphatic heterocycles. The molecular formula is C9H9ClO3S. The first-order valence-electron chi connectivity index (χ1n) is 3.93. The Kier molecular flexibility index (Phi) is 4.10. The fourth-order valence-electron chi connectivity index (χ4n) is 0.895. The van der Waals surface area contributed by atoms with Gasteiger partial charge in [0.1, 0.15) is 5.38 Å². The Bertz CT molecular complexity index is 321. The van der Waals surface area contributed by atoms with Gasteiger partial charge in [-0.05, 0) is 11.4 Å². The summed E-state index contributed by atoms with van der Waals surface area (Å²) < 4.78 is 4.42. The molecule has 0 saturated carbocycles. The van der Waals surface area contributed by atoms with Gasteiger partial charge >= 0.3 is 5.97 Å². The zero-order chi connectivity index (χ0) is 10.6. The van der Waals surface area contributed by atoms with Gasteiger partial charge in [0.2, 0.25) is 0 Å². The summed E-state index contributed by atoms with van der Waals surface area (Å²) in [6.45, 7) is 0. The van der Waals surface area contributed by atoms with E-state index < -0.39 is 11.3 Å². The summed E-state index contributed by atoms with van der Waals surface area (Å²) in [5.41, 5.74) is 0. The SMILES string of the molecule is COC(=O)CC(Cl)C(=O)c1cccs1. The number of esters is 1. The van der Waals surface area contributed by atoms with Crippen LogP contribution in [0.25, 0.3) is 0 Å². The third-order valence-electron chi connectivity index (χ3n) is 1.62. The maximum Gasteiger partial charge on any atom is 0.307 e. The number of hydrogen-bond acceptors (Lipinski definition) is 4. The summed E-state index contributed by atoms with van der Waals surface area (Å²) in [7, 11) is 1.27. The fraction of sp³-hybridized carbons (Fsp3) is 0.333. The number of alkyl halides is 1. The smallest absolute Gasteiger partial charge is 0.307 e. The Morgan fingerprint density at radius 2 is 2.36 bits per heavy atom. The molecule has 5 heteroatoms. The lowest BCUT2D eigenvalue weighted by Crippen LogP contribution is -2.18. The molecule has 1 unspecified atom stereocenters. The molecule has 0 aliphatic rings. The van der Waals surface area contributed by atoms with Crippen LogP contribution in [-0.4, -0.2) is 24.2 Å². The van der Waals surface area contributed by atoms with Crippen LogP contribution in [0.2, 0.25) is 0 Å². The average Bonchev–Trinajstić information content (AvgIpc) is 2.69. The Balaban J connectivity index is 2.58. The van der Waals surface area contributed by atoms with Crippen molar-refractivity contribution in [3.63, 3.8) is 0 Å². The van der Waals surface area contributed by atoms with Gasteiger partial charge in [-0.15, -0.1) is 22.9 Å². The molecule has 0 aromatic carbocycles. The van der Waals surface area contributed by atoms with Crippen LogP contribution >= 0.6 is 22.9 Å². The van der Waals surface area contributed by atoms with E-state index in [9.17, 15) is 9.59 Å². The van der Waals surface area contributed by atoms with Crippen LogP contribution in [0.1, 0.15) is 16.1 Å². The molecule has 14 heavy (non-hydrogen) atoms. The van der Waals surface area contributed by atoms with E-state index in [-0.39, 0.29) is 12.2 Å². The van der Waals surface area contributed by atoms with Crippen LogP contribution in [-0.2, 0) is 9.53 Å². The summed E-state index contributed by atoms with van der Waals surface area (Å²) in [4.78, 5) is 22.9. The molecule has 3 nitrogen and oxygen atoms in total. The third-order valence-corrected chi connectivity index (χ3v) is 2.86. The van der Waals surface area contributed by atoms with Crippen molar-refractivity contribution in [2.75, 3.05) is 7.11 Å². The monoisotopic (exact) mass is 232 g/mol. The van der Waals surface area contributed by atoms with Gasteiger partial charge in [0.25, 0.3) is 0 Å². The van der Waals surface area contributed by atoms with Crippen LogP contribution in [0.3, 0.4) is 0 Å². The number of thiophene rings is 1. The minimum Gasteiger partial charge on any atom is -0.469 e. The van der Waals surface area contributed by atoms with E-state index in [2.05, 4.69) is 4.74 Å². The van der Waals surface area contributed by atoms with Gasteiger partial charge in [0.05, 0.1) is 18.4 Å². The number of rotatable bonds is 4. The van der Waals surface area contributed by atoms with Crippen LogP contribution in [0.4, 0.5) is 0 Å². The Morgan fingerprint density at radius 1 is 1.64 bits per heavy atom. The van der Waals surface area contributed by atoms with Gasteiger partial charge in [-0.2, -0.15) is 0 Å². The zero-order valence-corrected chi connectivity index (χ0v) is 9.10. The summed E-state index contributed by atoms with van der Waals surface area (Å²) in [6.07, 6.45) is -0.0885. The second-order valence-electron chi connectivity index (χ2n) is 2.59. The lowest BCUT2D eigenvalue weighted by atomic mass is 10.2. The second kappa shape index (κ2) is 5.12. The molecular weight excluding hydrogens is 224 g/mol. The molecule has 0 saturated heterocycles. The Labute approximate surface area is 90.6 Å². The Morgan fingerprint density at radius 3 is 2.86 bits per heavy atom. The molecule has 1 aromatic heterocycles. The first kappa shape index (κ1) is 11.2. The van der Waals surface area contributed by atoms with Crippen molar-refractivity contribution in [1.29, 1.82) is 0 Å². The molecule has 1 heterocycles. The normalized spacial score (nSPS) is 12.1. The first-order chi connectivity index (χ1) is 6.65. The highest BCUT2D eigenvalue weighted by molar-refractivity contribution is 7.12. The van der Waals surface area contributed by atoms with Crippen molar-refractivity contribution >= 4 is 34.7 Å². The van der Waals surface area contributed by atoms with Crippen LogP contribution < -0.4 is 0 Å². The van der Waals surface area contributed by atoms with Crippen LogP contribution in [0.5, 0.6) is 0 Å². The molecule has 1 atom stereocenters. The van der Waals surface area contributed by atoms with Crippen molar-refractivity contribution in [3.8, 4) is 0 Å². The predicted molar refractivity (Wildman–Crippen MR) is 54.9 cm³/mol. The van der Waals surface area contributed by atoms with Crippen molar-refractivity contribution in [2.45, 2.75) is 11.8 Å². The summed E-state index contributed by atoms with van der Waals surface area (Å²) in [6, 6.07) is 3.44. The zero-order valence-electron chi connectivity index (χ0n) is 7.53. The van der Waals surface area contributed by atoms with Gasteiger partial charge in [-0.1, -0.05) is 6.07 Å². The maximum absolute atomic E-state index is 11.5.